The lowest BCUT2D eigenvalue weighted by molar-refractivity contribution is 0.102. The minimum Gasteiger partial charge on any atom is -0.495 e. The van der Waals surface area contributed by atoms with Gasteiger partial charge in [-0.15, -0.1) is 0 Å². The van der Waals surface area contributed by atoms with E-state index in [1.165, 1.54) is 49.6 Å². The molecule has 11 heteroatoms. The zero-order chi connectivity index (χ0) is 22.8. The van der Waals surface area contributed by atoms with Crippen molar-refractivity contribution in [2.45, 2.75) is 4.90 Å². The molecular weight excluding hydrogens is 473 g/mol. The maximum atomic E-state index is 13.4. The third-order valence-corrected chi connectivity index (χ3v) is 5.81. The van der Waals surface area contributed by atoms with E-state index in [0.717, 1.165) is 12.1 Å². The van der Waals surface area contributed by atoms with Crippen molar-refractivity contribution in [3.05, 3.63) is 81.8 Å². The Morgan fingerprint density at radius 3 is 2.23 bits per heavy atom. The van der Waals surface area contributed by atoms with Gasteiger partial charge in [-0.3, -0.25) is 9.52 Å². The molecule has 0 saturated heterocycles. The zero-order valence-corrected chi connectivity index (χ0v) is 18.1. The molecule has 162 valence electrons. The molecule has 0 spiro atoms. The summed E-state index contributed by atoms with van der Waals surface area (Å²) in [6.45, 7) is 0. The fourth-order valence-electron chi connectivity index (χ4n) is 2.59. The van der Waals surface area contributed by atoms with Crippen molar-refractivity contribution in [3.63, 3.8) is 0 Å². The summed E-state index contributed by atoms with van der Waals surface area (Å²) in [5.41, 5.74) is 0.0271. The molecule has 3 aromatic rings. The van der Waals surface area contributed by atoms with E-state index in [9.17, 15) is 22.0 Å². The standard InChI is InChI=1S/C20H14Cl2F2N2O4S/c1-30-19-5-2-11(20(27)25-14-3-4-16(23)17(24)10-14)6-18(19)26-31(28,29)15-8-12(21)7-13(22)9-15/h2-10,26H,1H3,(H,25,27). The average Bonchev–Trinajstić information content (AvgIpc) is 2.69. The van der Waals surface area contributed by atoms with Gasteiger partial charge in [0.25, 0.3) is 15.9 Å². The molecule has 0 aliphatic rings. The summed E-state index contributed by atoms with van der Waals surface area (Å²) in [7, 11) is -2.80. The maximum absolute atomic E-state index is 13.4. The number of nitrogens with one attached hydrogen (secondary N) is 2. The monoisotopic (exact) mass is 486 g/mol. The molecule has 0 fully saturated rings. The Hall–Kier alpha value is -2.88. The maximum Gasteiger partial charge on any atom is 0.262 e. The smallest absolute Gasteiger partial charge is 0.262 e. The first-order chi connectivity index (χ1) is 14.6. The highest BCUT2D eigenvalue weighted by atomic mass is 35.5. The summed E-state index contributed by atoms with van der Waals surface area (Å²) in [6, 6.07) is 10.7. The Morgan fingerprint density at radius 2 is 1.61 bits per heavy atom. The molecule has 1 amide bonds. The highest BCUT2D eigenvalue weighted by molar-refractivity contribution is 7.92. The van der Waals surface area contributed by atoms with Crippen molar-refractivity contribution >= 4 is 50.5 Å². The summed E-state index contributed by atoms with van der Waals surface area (Å²) in [5.74, 6) is -2.72. The van der Waals surface area contributed by atoms with Gasteiger partial charge in [-0.2, -0.15) is 0 Å². The first-order valence-electron chi connectivity index (χ1n) is 8.52. The minimum atomic E-state index is -4.12. The molecule has 0 bridgehead atoms. The molecule has 0 aliphatic carbocycles. The van der Waals surface area contributed by atoms with Gasteiger partial charge in [0, 0.05) is 27.4 Å². The molecule has 0 aromatic heterocycles. The van der Waals surface area contributed by atoms with Crippen LogP contribution in [0.3, 0.4) is 0 Å². The second kappa shape index (κ2) is 9.09. The van der Waals surface area contributed by atoms with Crippen molar-refractivity contribution in [2.24, 2.45) is 0 Å². The Kier molecular flexibility index (Phi) is 6.68. The number of anilines is 2. The molecule has 0 unspecified atom stereocenters. The van der Waals surface area contributed by atoms with Gasteiger partial charge in [-0.1, -0.05) is 23.2 Å². The summed E-state index contributed by atoms with van der Waals surface area (Å²) in [5, 5.41) is 2.65. The van der Waals surface area contributed by atoms with Crippen molar-refractivity contribution in [2.75, 3.05) is 17.1 Å². The van der Waals surface area contributed by atoms with Gasteiger partial charge in [0.15, 0.2) is 11.6 Å². The SMILES string of the molecule is COc1ccc(C(=O)Nc2ccc(F)c(F)c2)cc1NS(=O)(=O)c1cc(Cl)cc(Cl)c1. The summed E-state index contributed by atoms with van der Waals surface area (Å²) >= 11 is 11.8. The first-order valence-corrected chi connectivity index (χ1v) is 10.8. The van der Waals surface area contributed by atoms with E-state index in [0.29, 0.717) is 0 Å². The molecule has 0 heterocycles. The van der Waals surface area contributed by atoms with Gasteiger partial charge in [0.05, 0.1) is 17.7 Å². The number of sulfonamides is 1. The topological polar surface area (TPSA) is 84.5 Å². The van der Waals surface area contributed by atoms with Crippen LogP contribution >= 0.6 is 23.2 Å². The van der Waals surface area contributed by atoms with E-state index in [1.807, 2.05) is 0 Å². The summed E-state index contributed by atoms with van der Waals surface area (Å²) in [6.07, 6.45) is 0. The predicted molar refractivity (Wildman–Crippen MR) is 115 cm³/mol. The van der Waals surface area contributed by atoms with E-state index >= 15 is 0 Å². The second-order valence-electron chi connectivity index (χ2n) is 6.21. The van der Waals surface area contributed by atoms with E-state index < -0.39 is 27.6 Å². The van der Waals surface area contributed by atoms with Crippen LogP contribution in [0.2, 0.25) is 10.0 Å². The molecule has 3 aromatic carbocycles. The van der Waals surface area contributed by atoms with Gasteiger partial charge in [0.1, 0.15) is 5.75 Å². The Bertz CT molecular complexity index is 1250. The van der Waals surface area contributed by atoms with E-state index in [1.54, 1.807) is 0 Å². The number of rotatable bonds is 6. The minimum absolute atomic E-state index is 0.0235. The van der Waals surface area contributed by atoms with Crippen molar-refractivity contribution in [1.29, 1.82) is 0 Å². The average molecular weight is 487 g/mol. The van der Waals surface area contributed by atoms with Crippen LogP contribution in [0.4, 0.5) is 20.2 Å². The molecule has 3 rings (SSSR count). The highest BCUT2D eigenvalue weighted by Gasteiger charge is 2.20. The Labute approximate surface area is 186 Å². The summed E-state index contributed by atoms with van der Waals surface area (Å²) in [4.78, 5) is 12.3. The third-order valence-electron chi connectivity index (χ3n) is 4.03. The lowest BCUT2D eigenvalue weighted by atomic mass is 10.1. The molecule has 2 N–H and O–H groups in total. The van der Waals surface area contributed by atoms with Gasteiger partial charge in [-0.05, 0) is 48.5 Å². The lowest BCUT2D eigenvalue weighted by Gasteiger charge is -2.14. The normalized spacial score (nSPS) is 11.1. The van der Waals surface area contributed by atoms with Crippen LogP contribution in [0.5, 0.6) is 5.75 Å². The number of halogens is 4. The number of hydrogen-bond acceptors (Lipinski definition) is 4. The fraction of sp³-hybridized carbons (Fsp3) is 0.0500. The fourth-order valence-corrected chi connectivity index (χ4v) is 4.38. The number of carbonyl (C=O) groups is 1. The van der Waals surface area contributed by atoms with Crippen LogP contribution < -0.4 is 14.8 Å². The number of hydrogen-bond donors (Lipinski definition) is 2. The number of ether oxygens (including phenoxy) is 1. The van der Waals surface area contributed by atoms with Crippen molar-refractivity contribution in [1.82, 2.24) is 0 Å². The first kappa shape index (κ1) is 22.8. The molecule has 0 radical (unpaired) electrons. The summed E-state index contributed by atoms with van der Waals surface area (Å²) < 4.78 is 59.4. The van der Waals surface area contributed by atoms with E-state index in [-0.39, 0.29) is 37.6 Å². The van der Waals surface area contributed by atoms with Crippen LogP contribution in [0, 0.1) is 11.6 Å². The zero-order valence-electron chi connectivity index (χ0n) is 15.7. The molecule has 6 nitrogen and oxygen atoms in total. The van der Waals surface area contributed by atoms with Crippen LogP contribution in [0.15, 0.2) is 59.5 Å². The predicted octanol–water partition coefficient (Wildman–Crippen LogP) is 5.33. The van der Waals surface area contributed by atoms with Crippen LogP contribution in [0.25, 0.3) is 0 Å². The quantitative estimate of drug-likeness (QED) is 0.492. The number of benzene rings is 3. The van der Waals surface area contributed by atoms with Crippen LogP contribution in [-0.2, 0) is 10.0 Å². The van der Waals surface area contributed by atoms with Gasteiger partial charge in [-0.25, -0.2) is 17.2 Å². The van der Waals surface area contributed by atoms with Gasteiger partial charge in [0.2, 0.25) is 0 Å². The largest absolute Gasteiger partial charge is 0.495 e. The number of amides is 1. The third kappa shape index (κ3) is 5.43. The van der Waals surface area contributed by atoms with Gasteiger partial charge >= 0.3 is 0 Å². The Balaban J connectivity index is 1.91. The van der Waals surface area contributed by atoms with Crippen molar-refractivity contribution in [3.8, 4) is 5.75 Å². The van der Waals surface area contributed by atoms with E-state index in [4.69, 9.17) is 27.9 Å². The van der Waals surface area contributed by atoms with E-state index in [2.05, 4.69) is 10.0 Å². The molecule has 31 heavy (non-hydrogen) atoms. The Morgan fingerprint density at radius 1 is 0.935 bits per heavy atom. The van der Waals surface area contributed by atoms with Crippen LogP contribution in [0.1, 0.15) is 10.4 Å². The molecular formula is C20H14Cl2F2N2O4S. The highest BCUT2D eigenvalue weighted by Crippen LogP contribution is 2.30. The molecule has 0 aliphatic heterocycles. The molecule has 0 saturated carbocycles. The second-order valence-corrected chi connectivity index (χ2v) is 8.76. The molecule has 0 atom stereocenters. The van der Waals surface area contributed by atoms with Gasteiger partial charge < -0.3 is 10.1 Å². The lowest BCUT2D eigenvalue weighted by Crippen LogP contribution is -2.16. The van der Waals surface area contributed by atoms with Crippen molar-refractivity contribution < 1.29 is 26.7 Å². The van der Waals surface area contributed by atoms with Crippen LogP contribution in [-0.4, -0.2) is 21.4 Å². The number of methoxy groups -OCH3 is 1. The number of carbonyl (C=O) groups excluding carboxylic acids is 1.